The molecule has 0 saturated heterocycles. The molecular formula is C15H19FN4O2. The van der Waals surface area contributed by atoms with E-state index in [1.807, 2.05) is 0 Å². The van der Waals surface area contributed by atoms with E-state index >= 15 is 0 Å². The monoisotopic (exact) mass is 306 g/mol. The van der Waals surface area contributed by atoms with Gasteiger partial charge in [0.2, 0.25) is 0 Å². The summed E-state index contributed by atoms with van der Waals surface area (Å²) < 4.78 is 15.6. The van der Waals surface area contributed by atoms with E-state index in [-0.39, 0.29) is 18.4 Å². The van der Waals surface area contributed by atoms with E-state index in [9.17, 15) is 9.18 Å². The smallest absolute Gasteiger partial charge is 0.315 e. The maximum absolute atomic E-state index is 14.0. The molecule has 1 aromatic heterocycles. The fourth-order valence-corrected chi connectivity index (χ4v) is 1.91. The first-order chi connectivity index (χ1) is 10.6. The third-order valence-corrected chi connectivity index (χ3v) is 3.10. The SMILES string of the molecule is CC(O)CCNC(=O)NCc1ccc(-n2ccnc2)c(F)c1. The van der Waals surface area contributed by atoms with Crippen LogP contribution in [0.1, 0.15) is 18.9 Å². The van der Waals surface area contributed by atoms with Gasteiger partial charge in [0.25, 0.3) is 0 Å². The molecule has 0 saturated carbocycles. The van der Waals surface area contributed by atoms with Crippen molar-refractivity contribution in [3.8, 4) is 5.69 Å². The molecule has 0 spiro atoms. The molecular weight excluding hydrogens is 287 g/mol. The van der Waals surface area contributed by atoms with Crippen LogP contribution in [0, 0.1) is 5.82 Å². The number of urea groups is 1. The topological polar surface area (TPSA) is 79.2 Å². The summed E-state index contributed by atoms with van der Waals surface area (Å²) in [6.07, 6.45) is 4.79. The van der Waals surface area contributed by atoms with Crippen molar-refractivity contribution < 1.29 is 14.3 Å². The van der Waals surface area contributed by atoms with Crippen LogP contribution in [-0.4, -0.2) is 33.3 Å². The van der Waals surface area contributed by atoms with Gasteiger partial charge in [-0.1, -0.05) is 6.07 Å². The number of halogens is 1. The highest BCUT2D eigenvalue weighted by Crippen LogP contribution is 2.14. The Morgan fingerprint density at radius 3 is 2.91 bits per heavy atom. The van der Waals surface area contributed by atoms with Gasteiger partial charge in [-0.05, 0) is 31.0 Å². The van der Waals surface area contributed by atoms with Crippen LogP contribution in [0.5, 0.6) is 0 Å². The van der Waals surface area contributed by atoms with Crippen molar-refractivity contribution in [2.24, 2.45) is 0 Å². The van der Waals surface area contributed by atoms with Crippen LogP contribution in [0.4, 0.5) is 9.18 Å². The van der Waals surface area contributed by atoms with Crippen LogP contribution >= 0.6 is 0 Å². The summed E-state index contributed by atoms with van der Waals surface area (Å²) in [6.45, 7) is 2.27. The van der Waals surface area contributed by atoms with Crippen LogP contribution in [-0.2, 0) is 6.54 Å². The summed E-state index contributed by atoms with van der Waals surface area (Å²) >= 11 is 0. The Kier molecular flexibility index (Phi) is 5.48. The Hall–Kier alpha value is -2.41. The zero-order valence-corrected chi connectivity index (χ0v) is 12.3. The second-order valence-corrected chi connectivity index (χ2v) is 5.00. The van der Waals surface area contributed by atoms with Crippen molar-refractivity contribution in [2.75, 3.05) is 6.54 Å². The molecule has 118 valence electrons. The highest BCUT2D eigenvalue weighted by Gasteiger charge is 2.06. The fourth-order valence-electron chi connectivity index (χ4n) is 1.91. The molecule has 1 aromatic carbocycles. The average molecular weight is 306 g/mol. The number of aliphatic hydroxyl groups excluding tert-OH is 1. The number of hydrogen-bond donors (Lipinski definition) is 3. The van der Waals surface area contributed by atoms with E-state index in [0.29, 0.717) is 24.2 Å². The first kappa shape index (κ1) is 16.0. The zero-order chi connectivity index (χ0) is 15.9. The van der Waals surface area contributed by atoms with Crippen molar-refractivity contribution in [3.05, 3.63) is 48.3 Å². The first-order valence-corrected chi connectivity index (χ1v) is 7.03. The van der Waals surface area contributed by atoms with Gasteiger partial charge in [-0.3, -0.25) is 0 Å². The molecule has 2 rings (SSSR count). The summed E-state index contributed by atoms with van der Waals surface area (Å²) in [7, 11) is 0. The van der Waals surface area contributed by atoms with E-state index in [4.69, 9.17) is 5.11 Å². The minimum atomic E-state index is -0.454. The third kappa shape index (κ3) is 4.56. The second kappa shape index (κ2) is 7.56. The largest absolute Gasteiger partial charge is 0.393 e. The van der Waals surface area contributed by atoms with Gasteiger partial charge in [-0.15, -0.1) is 0 Å². The molecule has 1 unspecified atom stereocenters. The molecule has 0 bridgehead atoms. The van der Waals surface area contributed by atoms with Crippen LogP contribution in [0.2, 0.25) is 0 Å². The molecule has 0 aliphatic heterocycles. The Bertz CT molecular complexity index is 614. The van der Waals surface area contributed by atoms with Crippen molar-refractivity contribution in [2.45, 2.75) is 26.0 Å². The number of amides is 2. The molecule has 3 N–H and O–H groups in total. The average Bonchev–Trinajstić information content (AvgIpc) is 2.99. The number of nitrogens with one attached hydrogen (secondary N) is 2. The Morgan fingerprint density at radius 1 is 1.45 bits per heavy atom. The molecule has 6 nitrogen and oxygen atoms in total. The maximum Gasteiger partial charge on any atom is 0.315 e. The van der Waals surface area contributed by atoms with Gasteiger partial charge in [-0.25, -0.2) is 14.2 Å². The number of aromatic nitrogens is 2. The predicted octanol–water partition coefficient (Wildman–Crippen LogP) is 1.58. The summed E-state index contributed by atoms with van der Waals surface area (Å²) in [5.74, 6) is -0.383. The Morgan fingerprint density at radius 2 is 2.27 bits per heavy atom. The molecule has 2 amide bonds. The van der Waals surface area contributed by atoms with Crippen LogP contribution in [0.15, 0.2) is 36.9 Å². The molecule has 2 aromatic rings. The normalized spacial score (nSPS) is 12.0. The number of hydrogen-bond acceptors (Lipinski definition) is 3. The van der Waals surface area contributed by atoms with Crippen molar-refractivity contribution in [1.29, 1.82) is 0 Å². The van der Waals surface area contributed by atoms with Crippen LogP contribution in [0.3, 0.4) is 0 Å². The zero-order valence-electron chi connectivity index (χ0n) is 12.3. The van der Waals surface area contributed by atoms with E-state index in [0.717, 1.165) is 0 Å². The quantitative estimate of drug-likeness (QED) is 0.758. The minimum Gasteiger partial charge on any atom is -0.393 e. The number of carbonyl (C=O) groups is 1. The molecule has 22 heavy (non-hydrogen) atoms. The third-order valence-electron chi connectivity index (χ3n) is 3.10. The van der Waals surface area contributed by atoms with Gasteiger partial charge in [-0.2, -0.15) is 0 Å². The fraction of sp³-hybridized carbons (Fsp3) is 0.333. The number of aliphatic hydroxyl groups is 1. The Balaban J connectivity index is 1.86. The summed E-state index contributed by atoms with van der Waals surface area (Å²) in [4.78, 5) is 15.4. The molecule has 1 atom stereocenters. The van der Waals surface area contributed by atoms with Gasteiger partial charge in [0.05, 0.1) is 18.1 Å². The minimum absolute atomic E-state index is 0.224. The molecule has 0 aliphatic carbocycles. The maximum atomic E-state index is 14.0. The van der Waals surface area contributed by atoms with Gasteiger partial charge in [0.15, 0.2) is 0 Å². The number of carbonyl (C=O) groups excluding carboxylic acids is 1. The van der Waals surface area contributed by atoms with E-state index in [1.165, 1.54) is 12.4 Å². The molecule has 0 aliphatic rings. The lowest BCUT2D eigenvalue weighted by molar-refractivity contribution is 0.183. The van der Waals surface area contributed by atoms with Gasteiger partial charge < -0.3 is 20.3 Å². The molecule has 0 fully saturated rings. The van der Waals surface area contributed by atoms with E-state index in [1.54, 1.807) is 36.0 Å². The van der Waals surface area contributed by atoms with Crippen molar-refractivity contribution in [3.63, 3.8) is 0 Å². The van der Waals surface area contributed by atoms with Crippen LogP contribution in [0.25, 0.3) is 5.69 Å². The Labute approximate surface area is 128 Å². The lowest BCUT2D eigenvalue weighted by Crippen LogP contribution is -2.36. The van der Waals surface area contributed by atoms with Gasteiger partial charge in [0, 0.05) is 25.5 Å². The summed E-state index contributed by atoms with van der Waals surface area (Å²) in [5, 5.41) is 14.3. The molecule has 7 heteroatoms. The summed E-state index contributed by atoms with van der Waals surface area (Å²) in [6, 6.07) is 4.42. The van der Waals surface area contributed by atoms with Gasteiger partial charge in [0.1, 0.15) is 5.82 Å². The second-order valence-electron chi connectivity index (χ2n) is 5.00. The number of nitrogens with zero attached hydrogens (tertiary/aromatic N) is 2. The number of rotatable bonds is 6. The molecule has 1 heterocycles. The predicted molar refractivity (Wildman–Crippen MR) is 80.1 cm³/mol. The first-order valence-electron chi connectivity index (χ1n) is 7.03. The van der Waals surface area contributed by atoms with E-state index in [2.05, 4.69) is 15.6 Å². The lowest BCUT2D eigenvalue weighted by atomic mass is 10.2. The highest BCUT2D eigenvalue weighted by atomic mass is 19.1. The summed E-state index contributed by atoms with van der Waals surface area (Å²) in [5.41, 5.74) is 1.06. The van der Waals surface area contributed by atoms with E-state index < -0.39 is 6.10 Å². The number of imidazole rings is 1. The standard InChI is InChI=1S/C15H19FN4O2/c1-11(21)4-5-18-15(22)19-9-12-2-3-14(13(16)8-12)20-7-6-17-10-20/h2-3,6-8,10-11,21H,4-5,9H2,1H3,(H2,18,19,22). The number of benzene rings is 1. The van der Waals surface area contributed by atoms with Crippen molar-refractivity contribution in [1.82, 2.24) is 20.2 Å². The van der Waals surface area contributed by atoms with Crippen LogP contribution < -0.4 is 10.6 Å². The lowest BCUT2D eigenvalue weighted by Gasteiger charge is -2.10. The molecule has 0 radical (unpaired) electrons. The van der Waals surface area contributed by atoms with Crippen molar-refractivity contribution >= 4 is 6.03 Å². The highest BCUT2D eigenvalue weighted by molar-refractivity contribution is 5.73. The van der Waals surface area contributed by atoms with Gasteiger partial charge >= 0.3 is 6.03 Å².